The normalized spacial score (nSPS) is 10.1. The van der Waals surface area contributed by atoms with E-state index in [9.17, 15) is 10.1 Å². The average Bonchev–Trinajstić information content (AvgIpc) is 2.17. The van der Waals surface area contributed by atoms with Crippen LogP contribution in [0, 0.1) is 17.0 Å². The predicted octanol–water partition coefficient (Wildman–Crippen LogP) is 0.693. The number of hydrogen-bond donors (Lipinski definition) is 1. The fraction of sp³-hybridized carbons (Fsp3) is 0.444. The second-order valence-electron chi connectivity index (χ2n) is 3.26. The van der Waals surface area contributed by atoms with Gasteiger partial charge >= 0.3 is 5.69 Å². The zero-order valence-electron chi connectivity index (χ0n) is 8.80. The van der Waals surface area contributed by atoms with E-state index in [-0.39, 0.29) is 5.69 Å². The van der Waals surface area contributed by atoms with Gasteiger partial charge in [-0.2, -0.15) is 0 Å². The Morgan fingerprint density at radius 3 is 2.80 bits per heavy atom. The van der Waals surface area contributed by atoms with E-state index in [1.807, 2.05) is 0 Å². The van der Waals surface area contributed by atoms with Gasteiger partial charge in [0.1, 0.15) is 0 Å². The van der Waals surface area contributed by atoms with Gasteiger partial charge in [0.15, 0.2) is 0 Å². The van der Waals surface area contributed by atoms with Crippen molar-refractivity contribution in [3.8, 4) is 0 Å². The van der Waals surface area contributed by atoms with Gasteiger partial charge in [-0.05, 0) is 13.0 Å². The summed E-state index contributed by atoms with van der Waals surface area (Å²) in [4.78, 5) is 16.1. The monoisotopic (exact) mass is 210 g/mol. The zero-order chi connectivity index (χ0) is 11.4. The Bertz CT molecular complexity index is 367. The maximum absolute atomic E-state index is 10.7. The van der Waals surface area contributed by atoms with Crippen LogP contribution in [0.5, 0.6) is 0 Å². The van der Waals surface area contributed by atoms with E-state index >= 15 is 0 Å². The standard InChI is InChI=1S/C9H14N4O2/c1-7-3-4-8(13(14)15)9(11-7)12(2)6-5-10/h3-4H,5-6,10H2,1-2H3. The van der Waals surface area contributed by atoms with Crippen molar-refractivity contribution in [1.29, 1.82) is 0 Å². The van der Waals surface area contributed by atoms with Crippen molar-refractivity contribution in [3.63, 3.8) is 0 Å². The van der Waals surface area contributed by atoms with E-state index in [0.717, 1.165) is 5.69 Å². The molecule has 0 saturated heterocycles. The van der Waals surface area contributed by atoms with Crippen LogP contribution >= 0.6 is 0 Å². The van der Waals surface area contributed by atoms with Crippen LogP contribution in [-0.2, 0) is 0 Å². The maximum atomic E-state index is 10.7. The number of nitrogens with zero attached hydrogens (tertiary/aromatic N) is 3. The number of likely N-dealkylation sites (N-methyl/N-ethyl adjacent to an activating group) is 1. The molecule has 0 aliphatic rings. The Morgan fingerprint density at radius 2 is 2.27 bits per heavy atom. The van der Waals surface area contributed by atoms with E-state index in [0.29, 0.717) is 18.9 Å². The quantitative estimate of drug-likeness (QED) is 0.583. The summed E-state index contributed by atoms with van der Waals surface area (Å²) in [6.45, 7) is 2.77. The lowest BCUT2D eigenvalue weighted by atomic mass is 10.3. The van der Waals surface area contributed by atoms with Gasteiger partial charge in [-0.25, -0.2) is 4.98 Å². The van der Waals surface area contributed by atoms with E-state index in [1.165, 1.54) is 6.07 Å². The third-order valence-corrected chi connectivity index (χ3v) is 2.02. The Labute approximate surface area is 87.9 Å². The van der Waals surface area contributed by atoms with Crippen molar-refractivity contribution >= 4 is 11.5 Å². The molecule has 0 unspecified atom stereocenters. The number of aryl methyl sites for hydroxylation is 1. The molecule has 15 heavy (non-hydrogen) atoms. The fourth-order valence-electron chi connectivity index (χ4n) is 1.26. The highest BCUT2D eigenvalue weighted by molar-refractivity contribution is 5.57. The Balaban J connectivity index is 3.12. The highest BCUT2D eigenvalue weighted by Gasteiger charge is 2.18. The zero-order valence-corrected chi connectivity index (χ0v) is 8.80. The lowest BCUT2D eigenvalue weighted by molar-refractivity contribution is -0.384. The van der Waals surface area contributed by atoms with Crippen LogP contribution in [0.2, 0.25) is 0 Å². The first-order valence-electron chi connectivity index (χ1n) is 4.59. The van der Waals surface area contributed by atoms with Crippen molar-refractivity contribution < 1.29 is 4.92 Å². The molecule has 0 aliphatic heterocycles. The summed E-state index contributed by atoms with van der Waals surface area (Å²) in [6, 6.07) is 3.09. The molecular weight excluding hydrogens is 196 g/mol. The summed E-state index contributed by atoms with van der Waals surface area (Å²) in [5, 5.41) is 10.7. The SMILES string of the molecule is Cc1ccc([N+](=O)[O-])c(N(C)CCN)n1. The first-order valence-corrected chi connectivity index (χ1v) is 4.59. The number of pyridine rings is 1. The lowest BCUT2D eigenvalue weighted by Crippen LogP contribution is -2.26. The summed E-state index contributed by atoms with van der Waals surface area (Å²) >= 11 is 0. The van der Waals surface area contributed by atoms with Gasteiger partial charge in [-0.1, -0.05) is 0 Å². The minimum atomic E-state index is -0.436. The molecule has 1 heterocycles. The van der Waals surface area contributed by atoms with Crippen molar-refractivity contribution in [2.24, 2.45) is 5.73 Å². The molecule has 1 aromatic rings. The second-order valence-corrected chi connectivity index (χ2v) is 3.26. The van der Waals surface area contributed by atoms with Gasteiger partial charge in [-0.3, -0.25) is 10.1 Å². The molecule has 1 aromatic heterocycles. The van der Waals surface area contributed by atoms with Crippen LogP contribution < -0.4 is 10.6 Å². The number of anilines is 1. The highest BCUT2D eigenvalue weighted by Crippen LogP contribution is 2.24. The summed E-state index contributed by atoms with van der Waals surface area (Å²) in [6.07, 6.45) is 0. The molecule has 0 fully saturated rings. The van der Waals surface area contributed by atoms with Gasteiger partial charge in [0.2, 0.25) is 5.82 Å². The van der Waals surface area contributed by atoms with Crippen molar-refractivity contribution in [2.75, 3.05) is 25.0 Å². The first kappa shape index (κ1) is 11.4. The van der Waals surface area contributed by atoms with E-state index in [1.54, 1.807) is 24.9 Å². The number of nitrogens with two attached hydrogens (primary N) is 1. The number of hydrogen-bond acceptors (Lipinski definition) is 5. The number of nitro groups is 1. The van der Waals surface area contributed by atoms with Crippen LogP contribution in [0.4, 0.5) is 11.5 Å². The Morgan fingerprint density at radius 1 is 1.60 bits per heavy atom. The molecule has 82 valence electrons. The van der Waals surface area contributed by atoms with Gasteiger partial charge in [-0.15, -0.1) is 0 Å². The molecule has 1 rings (SSSR count). The molecule has 2 N–H and O–H groups in total. The van der Waals surface area contributed by atoms with Crippen LogP contribution in [0.15, 0.2) is 12.1 Å². The largest absolute Gasteiger partial charge is 0.353 e. The lowest BCUT2D eigenvalue weighted by Gasteiger charge is -2.16. The van der Waals surface area contributed by atoms with Crippen molar-refractivity contribution in [2.45, 2.75) is 6.92 Å². The fourth-order valence-corrected chi connectivity index (χ4v) is 1.26. The molecule has 0 amide bonds. The van der Waals surface area contributed by atoms with E-state index in [4.69, 9.17) is 5.73 Å². The van der Waals surface area contributed by atoms with E-state index in [2.05, 4.69) is 4.98 Å². The van der Waals surface area contributed by atoms with Crippen molar-refractivity contribution in [1.82, 2.24) is 4.98 Å². The van der Waals surface area contributed by atoms with Crippen LogP contribution in [0.1, 0.15) is 5.69 Å². The van der Waals surface area contributed by atoms with Crippen LogP contribution in [0.25, 0.3) is 0 Å². The highest BCUT2D eigenvalue weighted by atomic mass is 16.6. The summed E-state index contributed by atoms with van der Waals surface area (Å²) in [7, 11) is 1.74. The third kappa shape index (κ3) is 2.63. The predicted molar refractivity (Wildman–Crippen MR) is 58.0 cm³/mol. The number of aromatic nitrogens is 1. The average molecular weight is 210 g/mol. The topological polar surface area (TPSA) is 85.3 Å². The molecule has 6 heteroatoms. The minimum Gasteiger partial charge on any atom is -0.353 e. The van der Waals surface area contributed by atoms with Crippen LogP contribution in [0.3, 0.4) is 0 Å². The second kappa shape index (κ2) is 4.70. The molecule has 0 aliphatic carbocycles. The molecule has 0 bridgehead atoms. The molecule has 0 spiro atoms. The smallest absolute Gasteiger partial charge is 0.311 e. The molecule has 0 saturated carbocycles. The summed E-state index contributed by atoms with van der Waals surface area (Å²) < 4.78 is 0. The van der Waals surface area contributed by atoms with Gasteiger partial charge in [0, 0.05) is 31.9 Å². The van der Waals surface area contributed by atoms with E-state index < -0.39 is 4.92 Å². The van der Waals surface area contributed by atoms with Crippen LogP contribution in [-0.4, -0.2) is 30.0 Å². The number of rotatable bonds is 4. The van der Waals surface area contributed by atoms with Gasteiger partial charge in [0.05, 0.1) is 4.92 Å². The molecule has 0 aromatic carbocycles. The van der Waals surface area contributed by atoms with Gasteiger partial charge in [0.25, 0.3) is 0 Å². The maximum Gasteiger partial charge on any atom is 0.311 e. The van der Waals surface area contributed by atoms with Crippen molar-refractivity contribution in [3.05, 3.63) is 27.9 Å². The third-order valence-electron chi connectivity index (χ3n) is 2.02. The molecule has 0 atom stereocenters. The Hall–Kier alpha value is -1.69. The Kier molecular flexibility index (Phi) is 3.56. The van der Waals surface area contributed by atoms with Gasteiger partial charge < -0.3 is 10.6 Å². The minimum absolute atomic E-state index is 0.0107. The molecule has 0 radical (unpaired) electrons. The molecule has 6 nitrogen and oxygen atoms in total. The summed E-state index contributed by atoms with van der Waals surface area (Å²) in [5.41, 5.74) is 6.15. The summed E-state index contributed by atoms with van der Waals surface area (Å²) in [5.74, 6) is 0.366. The molecular formula is C9H14N4O2. The first-order chi connectivity index (χ1) is 7.06.